The van der Waals surface area contributed by atoms with Crippen LogP contribution >= 0.6 is 0 Å². The molecule has 0 aliphatic rings. The molecule has 0 spiro atoms. The first kappa shape index (κ1) is 15.2. The van der Waals surface area contributed by atoms with Crippen molar-refractivity contribution in [2.75, 3.05) is 0 Å². The van der Waals surface area contributed by atoms with E-state index in [-0.39, 0.29) is 0 Å². The molecule has 23 heavy (non-hydrogen) atoms. The Morgan fingerprint density at radius 3 is 2.39 bits per heavy atom. The lowest BCUT2D eigenvalue weighted by Gasteiger charge is -2.04. The molecule has 0 atom stereocenters. The van der Waals surface area contributed by atoms with Crippen molar-refractivity contribution < 1.29 is 0 Å². The average molecular weight is 303 g/mol. The fourth-order valence-corrected chi connectivity index (χ4v) is 2.75. The van der Waals surface area contributed by atoms with Crippen molar-refractivity contribution in [2.24, 2.45) is 4.99 Å². The molecule has 0 aliphatic heterocycles. The van der Waals surface area contributed by atoms with Gasteiger partial charge in [0, 0.05) is 11.8 Å². The van der Waals surface area contributed by atoms with E-state index in [2.05, 4.69) is 61.2 Å². The Balaban J connectivity index is 1.98. The largest absolute Gasteiger partial charge is 0.256 e. The fourth-order valence-electron chi connectivity index (χ4n) is 2.75. The highest BCUT2D eigenvalue weighted by Gasteiger charge is 2.11. The third-order valence-corrected chi connectivity index (χ3v) is 4.03. The molecular weight excluding hydrogens is 282 g/mol. The number of aliphatic imine (C=N–C) groups is 1. The molecule has 1 aromatic heterocycles. The molecule has 2 aromatic carbocycles. The number of aryl methyl sites for hydroxylation is 3. The van der Waals surface area contributed by atoms with E-state index in [9.17, 15) is 0 Å². The Kier molecular flexibility index (Phi) is 4.11. The highest BCUT2D eigenvalue weighted by atomic mass is 15.3. The van der Waals surface area contributed by atoms with Gasteiger partial charge in [-0.25, -0.2) is 4.68 Å². The van der Waals surface area contributed by atoms with Gasteiger partial charge in [-0.1, -0.05) is 35.9 Å². The van der Waals surface area contributed by atoms with Crippen molar-refractivity contribution in [3.05, 3.63) is 76.6 Å². The molecule has 3 nitrogen and oxygen atoms in total. The minimum Gasteiger partial charge on any atom is -0.256 e. The maximum absolute atomic E-state index is 4.67. The lowest BCUT2D eigenvalue weighted by molar-refractivity contribution is 0.833. The first-order valence-corrected chi connectivity index (χ1v) is 7.79. The normalized spacial score (nSPS) is 11.3. The van der Waals surface area contributed by atoms with Gasteiger partial charge in [-0.3, -0.25) is 4.99 Å². The van der Waals surface area contributed by atoms with Gasteiger partial charge in [-0.2, -0.15) is 5.10 Å². The van der Waals surface area contributed by atoms with Crippen LogP contribution < -0.4 is 0 Å². The zero-order chi connectivity index (χ0) is 16.4. The number of para-hydroxylation sites is 1. The number of rotatable bonds is 3. The number of nitrogens with zero attached hydrogens (tertiary/aromatic N) is 3. The molecule has 116 valence electrons. The van der Waals surface area contributed by atoms with Gasteiger partial charge < -0.3 is 0 Å². The van der Waals surface area contributed by atoms with Crippen molar-refractivity contribution in [3.8, 4) is 5.69 Å². The van der Waals surface area contributed by atoms with Gasteiger partial charge in [0.1, 0.15) is 0 Å². The maximum Gasteiger partial charge on any atom is 0.0688 e. The van der Waals surface area contributed by atoms with Crippen molar-refractivity contribution in [3.63, 3.8) is 0 Å². The molecule has 0 saturated heterocycles. The summed E-state index contributed by atoms with van der Waals surface area (Å²) in [5.74, 6) is 0. The second-order valence-electron chi connectivity index (χ2n) is 5.88. The molecule has 0 bridgehead atoms. The van der Waals surface area contributed by atoms with E-state index >= 15 is 0 Å². The summed E-state index contributed by atoms with van der Waals surface area (Å²) in [6.07, 6.45) is 1.93. The molecule has 0 radical (unpaired) electrons. The van der Waals surface area contributed by atoms with E-state index in [0.29, 0.717) is 0 Å². The molecule has 0 N–H and O–H groups in total. The summed E-state index contributed by atoms with van der Waals surface area (Å²) < 4.78 is 1.97. The Morgan fingerprint density at radius 1 is 0.957 bits per heavy atom. The third kappa shape index (κ3) is 3.09. The number of hydrogen-bond donors (Lipinski definition) is 0. The van der Waals surface area contributed by atoms with Gasteiger partial charge in [-0.15, -0.1) is 0 Å². The predicted molar refractivity (Wildman–Crippen MR) is 96.2 cm³/mol. The molecule has 0 unspecified atom stereocenters. The molecule has 3 rings (SSSR count). The Labute approximate surface area is 137 Å². The van der Waals surface area contributed by atoms with Crippen molar-refractivity contribution in [1.29, 1.82) is 0 Å². The standard InChI is InChI=1S/C20H21N3/c1-14-10-11-20(15(2)12-14)21-13-19-16(3)22-23(17(19)4)18-8-6-5-7-9-18/h5-13H,1-4H3. The molecule has 1 heterocycles. The number of aromatic nitrogens is 2. The minimum atomic E-state index is 0.986. The van der Waals surface area contributed by atoms with Crippen LogP contribution in [0.1, 0.15) is 28.1 Å². The van der Waals surface area contributed by atoms with Crippen molar-refractivity contribution in [2.45, 2.75) is 27.7 Å². The molecular formula is C20H21N3. The van der Waals surface area contributed by atoms with Crippen LogP contribution in [-0.2, 0) is 0 Å². The zero-order valence-corrected chi connectivity index (χ0v) is 14.0. The van der Waals surface area contributed by atoms with E-state index in [1.54, 1.807) is 0 Å². The van der Waals surface area contributed by atoms with Crippen LogP contribution in [0.4, 0.5) is 5.69 Å². The Morgan fingerprint density at radius 2 is 1.70 bits per heavy atom. The summed E-state index contributed by atoms with van der Waals surface area (Å²) in [5.41, 5.74) is 7.68. The highest BCUT2D eigenvalue weighted by Crippen LogP contribution is 2.21. The van der Waals surface area contributed by atoms with Crippen LogP contribution in [0.5, 0.6) is 0 Å². The molecule has 0 amide bonds. The van der Waals surface area contributed by atoms with E-state index < -0.39 is 0 Å². The second kappa shape index (κ2) is 6.21. The van der Waals surface area contributed by atoms with Gasteiger partial charge >= 0.3 is 0 Å². The molecule has 0 fully saturated rings. The van der Waals surface area contributed by atoms with Crippen molar-refractivity contribution >= 4 is 11.9 Å². The summed E-state index contributed by atoms with van der Waals surface area (Å²) in [6, 6.07) is 16.5. The zero-order valence-electron chi connectivity index (χ0n) is 14.0. The average Bonchev–Trinajstić information content (AvgIpc) is 2.82. The first-order valence-electron chi connectivity index (χ1n) is 7.79. The maximum atomic E-state index is 4.67. The van der Waals surface area contributed by atoms with Gasteiger partial charge in [0.05, 0.1) is 22.8 Å². The summed E-state index contributed by atoms with van der Waals surface area (Å²) >= 11 is 0. The van der Waals surface area contributed by atoms with Gasteiger partial charge in [0.2, 0.25) is 0 Å². The van der Waals surface area contributed by atoms with Crippen LogP contribution in [0.15, 0.2) is 53.5 Å². The predicted octanol–water partition coefficient (Wildman–Crippen LogP) is 4.86. The minimum absolute atomic E-state index is 0.986. The van der Waals surface area contributed by atoms with Gasteiger partial charge in [0.15, 0.2) is 0 Å². The van der Waals surface area contributed by atoms with E-state index in [4.69, 9.17) is 0 Å². The number of hydrogen-bond acceptors (Lipinski definition) is 2. The Bertz CT molecular complexity index is 858. The lowest BCUT2D eigenvalue weighted by Crippen LogP contribution is -1.98. The van der Waals surface area contributed by atoms with Crippen LogP contribution in [0.2, 0.25) is 0 Å². The molecule has 0 aliphatic carbocycles. The van der Waals surface area contributed by atoms with Gasteiger partial charge in [0.25, 0.3) is 0 Å². The van der Waals surface area contributed by atoms with E-state index in [0.717, 1.165) is 28.3 Å². The molecule has 3 aromatic rings. The quantitative estimate of drug-likeness (QED) is 0.636. The third-order valence-electron chi connectivity index (χ3n) is 4.03. The first-order chi connectivity index (χ1) is 11.1. The van der Waals surface area contributed by atoms with Crippen LogP contribution in [-0.4, -0.2) is 16.0 Å². The van der Waals surface area contributed by atoms with Crippen molar-refractivity contribution in [1.82, 2.24) is 9.78 Å². The summed E-state index contributed by atoms with van der Waals surface area (Å²) in [6.45, 7) is 8.29. The highest BCUT2D eigenvalue weighted by molar-refractivity contribution is 5.85. The van der Waals surface area contributed by atoms with Gasteiger partial charge in [-0.05, 0) is 51.5 Å². The summed E-state index contributed by atoms with van der Waals surface area (Å²) in [4.78, 5) is 4.67. The monoisotopic (exact) mass is 303 g/mol. The van der Waals surface area contributed by atoms with Crippen LogP contribution in [0, 0.1) is 27.7 Å². The smallest absolute Gasteiger partial charge is 0.0688 e. The van der Waals surface area contributed by atoms with E-state index in [1.807, 2.05) is 36.0 Å². The SMILES string of the molecule is Cc1ccc(N=Cc2c(C)nn(-c3ccccc3)c2C)c(C)c1. The fraction of sp³-hybridized carbons (Fsp3) is 0.200. The summed E-state index contributed by atoms with van der Waals surface area (Å²) in [7, 11) is 0. The number of benzene rings is 2. The molecule has 3 heteroatoms. The lowest BCUT2D eigenvalue weighted by atomic mass is 10.1. The van der Waals surface area contributed by atoms with Crippen LogP contribution in [0.25, 0.3) is 5.69 Å². The van der Waals surface area contributed by atoms with Crippen LogP contribution in [0.3, 0.4) is 0 Å². The topological polar surface area (TPSA) is 30.2 Å². The Hall–Kier alpha value is -2.68. The second-order valence-corrected chi connectivity index (χ2v) is 5.88. The van der Waals surface area contributed by atoms with E-state index in [1.165, 1.54) is 11.1 Å². The molecule has 0 saturated carbocycles. The summed E-state index contributed by atoms with van der Waals surface area (Å²) in [5, 5.41) is 4.65.